The van der Waals surface area contributed by atoms with Crippen molar-refractivity contribution < 1.29 is 39.5 Å². The van der Waals surface area contributed by atoms with Gasteiger partial charge in [-0.05, 0) is 12.1 Å². The third kappa shape index (κ3) is 2.49. The number of nitrogens with one attached hydrogen (secondary N) is 1. The number of hydroxylamine groups is 1. The van der Waals surface area contributed by atoms with Crippen LogP contribution in [0.15, 0.2) is 24.3 Å². The van der Waals surface area contributed by atoms with Crippen LogP contribution in [0, 0.1) is 5.21 Å². The van der Waals surface area contributed by atoms with E-state index in [1.54, 1.807) is 12.1 Å². The SMILES string of the molecule is O=C(N[O-])c1ccccc1O.[Na+]. The number of carbonyl (C=O) groups is 1. The predicted molar refractivity (Wildman–Crippen MR) is 38.9 cm³/mol. The summed E-state index contributed by atoms with van der Waals surface area (Å²) < 4.78 is 0. The Hall–Kier alpha value is -0.550. The van der Waals surface area contributed by atoms with Gasteiger partial charge in [-0.1, -0.05) is 12.1 Å². The fourth-order valence-electron chi connectivity index (χ4n) is 0.721. The first-order valence-electron chi connectivity index (χ1n) is 2.96. The number of hydrogen-bond acceptors (Lipinski definition) is 3. The molecule has 5 heteroatoms. The van der Waals surface area contributed by atoms with E-state index < -0.39 is 5.91 Å². The van der Waals surface area contributed by atoms with Crippen LogP contribution in [0.5, 0.6) is 5.75 Å². The molecule has 0 saturated carbocycles. The molecule has 0 atom stereocenters. The Morgan fingerprint density at radius 2 is 2.00 bits per heavy atom. The third-order valence-corrected chi connectivity index (χ3v) is 1.24. The molecule has 0 aliphatic heterocycles. The molecular weight excluding hydrogens is 169 g/mol. The van der Waals surface area contributed by atoms with Gasteiger partial charge in [0.05, 0.1) is 5.56 Å². The molecule has 0 saturated heterocycles. The second-order valence-corrected chi connectivity index (χ2v) is 1.95. The van der Waals surface area contributed by atoms with Crippen molar-refractivity contribution >= 4 is 5.91 Å². The monoisotopic (exact) mass is 175 g/mol. The Morgan fingerprint density at radius 1 is 1.42 bits per heavy atom. The van der Waals surface area contributed by atoms with Gasteiger partial charge in [0.25, 0.3) is 0 Å². The maximum absolute atomic E-state index is 10.7. The van der Waals surface area contributed by atoms with E-state index in [1.807, 2.05) is 0 Å². The van der Waals surface area contributed by atoms with Crippen LogP contribution in [0.2, 0.25) is 0 Å². The molecular formula is C7H6NNaO3. The number of rotatable bonds is 1. The maximum Gasteiger partial charge on any atom is 1.00 e. The second kappa shape index (κ2) is 5.16. The Bertz CT molecular complexity index is 277. The Kier molecular flexibility index (Phi) is 4.92. The molecule has 58 valence electrons. The fourth-order valence-corrected chi connectivity index (χ4v) is 0.721. The van der Waals surface area contributed by atoms with Gasteiger partial charge in [0, 0.05) is 0 Å². The van der Waals surface area contributed by atoms with E-state index >= 15 is 0 Å². The molecule has 0 aliphatic rings. The van der Waals surface area contributed by atoms with Crippen molar-refractivity contribution in [3.8, 4) is 5.75 Å². The van der Waals surface area contributed by atoms with Crippen molar-refractivity contribution in [3.05, 3.63) is 35.0 Å². The average molecular weight is 175 g/mol. The summed E-state index contributed by atoms with van der Waals surface area (Å²) in [5.41, 5.74) is 1.16. The van der Waals surface area contributed by atoms with Crippen molar-refractivity contribution in [3.63, 3.8) is 0 Å². The number of benzene rings is 1. The molecule has 0 heterocycles. The number of para-hydroxylation sites is 1. The van der Waals surface area contributed by atoms with Crippen LogP contribution < -0.4 is 35.0 Å². The molecule has 0 fully saturated rings. The van der Waals surface area contributed by atoms with Crippen molar-refractivity contribution in [2.24, 2.45) is 0 Å². The van der Waals surface area contributed by atoms with E-state index in [4.69, 9.17) is 5.11 Å². The van der Waals surface area contributed by atoms with E-state index in [9.17, 15) is 10.0 Å². The van der Waals surface area contributed by atoms with Crippen molar-refractivity contribution in [2.75, 3.05) is 0 Å². The summed E-state index contributed by atoms with van der Waals surface area (Å²) in [6.07, 6.45) is 0. The number of phenolic OH excluding ortho intramolecular Hbond substituents is 1. The van der Waals surface area contributed by atoms with Crippen LogP contribution in [0.3, 0.4) is 0 Å². The summed E-state index contributed by atoms with van der Waals surface area (Å²) in [5.74, 6) is -1.02. The summed E-state index contributed by atoms with van der Waals surface area (Å²) in [4.78, 5) is 10.7. The van der Waals surface area contributed by atoms with Crippen molar-refractivity contribution in [1.29, 1.82) is 0 Å². The molecule has 0 bridgehead atoms. The molecule has 12 heavy (non-hydrogen) atoms. The Balaban J connectivity index is 0.00000121. The van der Waals surface area contributed by atoms with E-state index in [2.05, 4.69) is 0 Å². The zero-order chi connectivity index (χ0) is 8.27. The number of amides is 1. The first-order valence-corrected chi connectivity index (χ1v) is 2.96. The molecule has 0 aromatic heterocycles. The van der Waals surface area contributed by atoms with E-state index in [0.29, 0.717) is 0 Å². The van der Waals surface area contributed by atoms with Gasteiger partial charge in [-0.2, -0.15) is 0 Å². The summed E-state index contributed by atoms with van der Waals surface area (Å²) in [6.45, 7) is 0. The van der Waals surface area contributed by atoms with Crippen LogP contribution in [0.25, 0.3) is 0 Å². The second-order valence-electron chi connectivity index (χ2n) is 1.95. The topological polar surface area (TPSA) is 72.4 Å². The maximum atomic E-state index is 10.7. The van der Waals surface area contributed by atoms with Gasteiger partial charge in [0.15, 0.2) is 0 Å². The van der Waals surface area contributed by atoms with Gasteiger partial charge in [-0.15, -0.1) is 0 Å². The van der Waals surface area contributed by atoms with Gasteiger partial charge in [0.2, 0.25) is 5.91 Å². The van der Waals surface area contributed by atoms with Gasteiger partial charge in [-0.3, -0.25) is 4.79 Å². The van der Waals surface area contributed by atoms with Crippen LogP contribution in [0.4, 0.5) is 0 Å². The summed E-state index contributed by atoms with van der Waals surface area (Å²) in [6, 6.07) is 5.83. The van der Waals surface area contributed by atoms with E-state index in [1.165, 1.54) is 17.6 Å². The molecule has 0 radical (unpaired) electrons. The molecule has 4 nitrogen and oxygen atoms in total. The number of phenols is 1. The first kappa shape index (κ1) is 11.4. The molecule has 0 aliphatic carbocycles. The zero-order valence-electron chi connectivity index (χ0n) is 6.57. The minimum absolute atomic E-state index is 0. The van der Waals surface area contributed by atoms with Gasteiger partial charge >= 0.3 is 29.6 Å². The first-order chi connectivity index (χ1) is 5.25. The molecule has 0 spiro atoms. The van der Waals surface area contributed by atoms with Crippen LogP contribution in [-0.4, -0.2) is 11.0 Å². The molecule has 1 aromatic rings. The number of carbonyl (C=O) groups excluding carboxylic acids is 1. The largest absolute Gasteiger partial charge is 1.00 e. The van der Waals surface area contributed by atoms with Crippen LogP contribution >= 0.6 is 0 Å². The van der Waals surface area contributed by atoms with Gasteiger partial charge in [-0.25, -0.2) is 0 Å². The molecule has 0 unspecified atom stereocenters. The third-order valence-electron chi connectivity index (χ3n) is 1.24. The van der Waals surface area contributed by atoms with Crippen molar-refractivity contribution in [1.82, 2.24) is 5.48 Å². The van der Waals surface area contributed by atoms with E-state index in [0.717, 1.165) is 0 Å². The van der Waals surface area contributed by atoms with Crippen LogP contribution in [0.1, 0.15) is 10.4 Å². The molecule has 2 N–H and O–H groups in total. The van der Waals surface area contributed by atoms with Gasteiger partial charge < -0.3 is 15.8 Å². The number of hydrogen-bond donors (Lipinski definition) is 2. The number of aromatic hydroxyl groups is 1. The smallest absolute Gasteiger partial charge is 0.759 e. The molecule has 1 amide bonds. The minimum atomic E-state index is -0.830. The molecule has 1 rings (SSSR count). The summed E-state index contributed by atoms with van der Waals surface area (Å²) in [5, 5.41) is 18.9. The van der Waals surface area contributed by atoms with Crippen LogP contribution in [-0.2, 0) is 0 Å². The molecule has 1 aromatic carbocycles. The predicted octanol–water partition coefficient (Wildman–Crippen LogP) is -2.38. The Labute approximate surface area is 91.5 Å². The van der Waals surface area contributed by atoms with Crippen molar-refractivity contribution in [2.45, 2.75) is 0 Å². The quantitative estimate of drug-likeness (QED) is 0.370. The normalized spacial score (nSPS) is 8.42. The van der Waals surface area contributed by atoms with E-state index in [-0.39, 0.29) is 40.9 Å². The average Bonchev–Trinajstić information content (AvgIpc) is 2.04. The van der Waals surface area contributed by atoms with Gasteiger partial charge in [0.1, 0.15) is 5.75 Å². The zero-order valence-corrected chi connectivity index (χ0v) is 8.57. The fraction of sp³-hybridized carbons (Fsp3) is 0. The summed E-state index contributed by atoms with van der Waals surface area (Å²) >= 11 is 0. The Morgan fingerprint density at radius 3 is 2.50 bits per heavy atom. The summed E-state index contributed by atoms with van der Waals surface area (Å²) in [7, 11) is 0. The standard InChI is InChI=1S/C7H6NO3.Na/c9-6-4-2-1-3-5(6)7(10)8-11;/h1-4H,(H2-,8,9,10,11);/q-1;+1. The minimum Gasteiger partial charge on any atom is -0.759 e.